The van der Waals surface area contributed by atoms with Gasteiger partial charge in [0.05, 0.1) is 17.7 Å². The Balaban J connectivity index is 1.96. The van der Waals surface area contributed by atoms with Crippen molar-refractivity contribution >= 4 is 5.69 Å². The Morgan fingerprint density at radius 1 is 1.21 bits per heavy atom. The van der Waals surface area contributed by atoms with Gasteiger partial charge < -0.3 is 10.4 Å². The zero-order valence-corrected chi connectivity index (χ0v) is 10.8. The van der Waals surface area contributed by atoms with Crippen LogP contribution in [-0.4, -0.2) is 11.7 Å². The van der Waals surface area contributed by atoms with Crippen molar-refractivity contribution in [2.24, 2.45) is 0 Å². The number of rotatable bonds is 4. The molecule has 0 saturated carbocycles. The largest absolute Gasteiger partial charge is 0.387 e. The first-order valence-electron chi connectivity index (χ1n) is 6.18. The fourth-order valence-corrected chi connectivity index (χ4v) is 1.87. The van der Waals surface area contributed by atoms with Crippen molar-refractivity contribution in [2.45, 2.75) is 13.0 Å². The molecule has 2 N–H and O–H groups in total. The monoisotopic (exact) mass is 252 g/mol. The smallest absolute Gasteiger partial charge is 0.0991 e. The summed E-state index contributed by atoms with van der Waals surface area (Å²) >= 11 is 0. The van der Waals surface area contributed by atoms with Gasteiger partial charge in [-0.3, -0.25) is 0 Å². The lowest BCUT2D eigenvalue weighted by Gasteiger charge is -2.13. The van der Waals surface area contributed by atoms with E-state index < -0.39 is 6.10 Å². The molecule has 0 spiro atoms. The molecule has 3 heteroatoms. The summed E-state index contributed by atoms with van der Waals surface area (Å²) < 4.78 is 0. The fourth-order valence-electron chi connectivity index (χ4n) is 1.87. The van der Waals surface area contributed by atoms with Crippen LogP contribution in [0.2, 0.25) is 0 Å². The zero-order chi connectivity index (χ0) is 13.7. The first-order chi connectivity index (χ1) is 9.19. The summed E-state index contributed by atoms with van der Waals surface area (Å²) in [6.45, 7) is 2.44. The first-order valence-corrected chi connectivity index (χ1v) is 6.18. The average Bonchev–Trinajstić information content (AvgIpc) is 2.45. The minimum Gasteiger partial charge on any atom is -0.387 e. The van der Waals surface area contributed by atoms with Crippen LogP contribution in [0.1, 0.15) is 22.8 Å². The van der Waals surface area contributed by atoms with Crippen molar-refractivity contribution in [1.29, 1.82) is 5.26 Å². The second-order valence-electron chi connectivity index (χ2n) is 4.50. The van der Waals surface area contributed by atoms with Gasteiger partial charge in [0.15, 0.2) is 0 Å². The average molecular weight is 252 g/mol. The third kappa shape index (κ3) is 3.57. The maximum Gasteiger partial charge on any atom is 0.0991 e. The Labute approximate surface area is 113 Å². The van der Waals surface area contributed by atoms with Gasteiger partial charge in [0.25, 0.3) is 0 Å². The molecular formula is C16H16N2O. The highest BCUT2D eigenvalue weighted by atomic mass is 16.3. The Hall–Kier alpha value is -2.31. The molecular weight excluding hydrogens is 236 g/mol. The SMILES string of the molecule is Cc1cccc(C(O)CNc2ccc(C#N)cc2)c1. The van der Waals surface area contributed by atoms with Gasteiger partial charge in [-0.15, -0.1) is 0 Å². The number of aliphatic hydroxyl groups excluding tert-OH is 1. The van der Waals surface area contributed by atoms with Gasteiger partial charge in [0.1, 0.15) is 0 Å². The van der Waals surface area contributed by atoms with Crippen molar-refractivity contribution in [3.05, 3.63) is 65.2 Å². The number of anilines is 1. The van der Waals surface area contributed by atoms with Gasteiger partial charge in [-0.25, -0.2) is 0 Å². The summed E-state index contributed by atoms with van der Waals surface area (Å²) in [7, 11) is 0. The molecule has 0 saturated heterocycles. The molecule has 0 aliphatic rings. The lowest BCUT2D eigenvalue weighted by molar-refractivity contribution is 0.191. The summed E-state index contributed by atoms with van der Waals surface area (Å²) in [6, 6.07) is 17.1. The molecule has 1 unspecified atom stereocenters. The van der Waals surface area contributed by atoms with E-state index in [2.05, 4.69) is 11.4 Å². The number of benzene rings is 2. The minimum atomic E-state index is -0.546. The van der Waals surface area contributed by atoms with Gasteiger partial charge in [-0.05, 0) is 36.8 Å². The third-order valence-electron chi connectivity index (χ3n) is 2.94. The number of nitrogens with one attached hydrogen (secondary N) is 1. The van der Waals surface area contributed by atoms with Crippen LogP contribution in [0.15, 0.2) is 48.5 Å². The van der Waals surface area contributed by atoms with Crippen LogP contribution in [0.25, 0.3) is 0 Å². The highest BCUT2D eigenvalue weighted by molar-refractivity contribution is 5.47. The number of hydrogen-bond acceptors (Lipinski definition) is 3. The number of nitriles is 1. The zero-order valence-electron chi connectivity index (χ0n) is 10.8. The topological polar surface area (TPSA) is 56.0 Å². The Bertz CT molecular complexity index is 584. The molecule has 3 nitrogen and oxygen atoms in total. The first kappa shape index (κ1) is 13.1. The molecule has 19 heavy (non-hydrogen) atoms. The lowest BCUT2D eigenvalue weighted by atomic mass is 10.1. The highest BCUT2D eigenvalue weighted by Crippen LogP contribution is 2.16. The Kier molecular flexibility index (Phi) is 4.17. The van der Waals surface area contributed by atoms with E-state index in [0.717, 1.165) is 16.8 Å². The molecule has 0 radical (unpaired) electrons. The Morgan fingerprint density at radius 3 is 2.58 bits per heavy atom. The fraction of sp³-hybridized carbons (Fsp3) is 0.188. The normalized spacial score (nSPS) is 11.6. The lowest BCUT2D eigenvalue weighted by Crippen LogP contribution is -2.12. The van der Waals surface area contributed by atoms with Crippen LogP contribution < -0.4 is 5.32 Å². The van der Waals surface area contributed by atoms with Gasteiger partial charge in [0, 0.05) is 12.2 Å². The molecule has 1 atom stereocenters. The number of aryl methyl sites for hydroxylation is 1. The van der Waals surface area contributed by atoms with E-state index in [1.54, 1.807) is 12.1 Å². The molecule has 96 valence electrons. The van der Waals surface area contributed by atoms with Crippen LogP contribution in [0.3, 0.4) is 0 Å². The predicted octanol–water partition coefficient (Wildman–Crippen LogP) is 3.01. The molecule has 0 amide bonds. The second-order valence-corrected chi connectivity index (χ2v) is 4.50. The van der Waals surface area contributed by atoms with Crippen molar-refractivity contribution in [3.8, 4) is 6.07 Å². The van der Waals surface area contributed by atoms with Gasteiger partial charge in [0.2, 0.25) is 0 Å². The van der Waals surface area contributed by atoms with E-state index in [9.17, 15) is 5.11 Å². The molecule has 0 fully saturated rings. The van der Waals surface area contributed by atoms with E-state index >= 15 is 0 Å². The summed E-state index contributed by atoms with van der Waals surface area (Å²) in [5.74, 6) is 0. The van der Waals surface area contributed by atoms with E-state index in [0.29, 0.717) is 12.1 Å². The quantitative estimate of drug-likeness (QED) is 0.879. The molecule has 0 bridgehead atoms. The molecule has 2 aromatic carbocycles. The Morgan fingerprint density at radius 2 is 1.95 bits per heavy atom. The maximum atomic E-state index is 10.1. The van der Waals surface area contributed by atoms with Crippen molar-refractivity contribution in [1.82, 2.24) is 0 Å². The number of nitrogens with zero attached hydrogens (tertiary/aromatic N) is 1. The highest BCUT2D eigenvalue weighted by Gasteiger charge is 2.07. The third-order valence-corrected chi connectivity index (χ3v) is 2.94. The molecule has 2 rings (SSSR count). The van der Waals surface area contributed by atoms with E-state index in [1.807, 2.05) is 43.3 Å². The number of aliphatic hydroxyl groups is 1. The van der Waals surface area contributed by atoms with Crippen LogP contribution in [0, 0.1) is 18.3 Å². The minimum absolute atomic E-state index is 0.440. The molecule has 0 aliphatic carbocycles. The van der Waals surface area contributed by atoms with Crippen LogP contribution in [0.5, 0.6) is 0 Å². The van der Waals surface area contributed by atoms with Crippen LogP contribution in [0.4, 0.5) is 5.69 Å². The molecule has 0 aromatic heterocycles. The van der Waals surface area contributed by atoms with Gasteiger partial charge in [-0.1, -0.05) is 29.8 Å². The van der Waals surface area contributed by atoms with E-state index in [1.165, 1.54) is 0 Å². The summed E-state index contributed by atoms with van der Waals surface area (Å²) in [4.78, 5) is 0. The van der Waals surface area contributed by atoms with Crippen molar-refractivity contribution < 1.29 is 5.11 Å². The number of hydrogen-bond donors (Lipinski definition) is 2. The molecule has 0 heterocycles. The predicted molar refractivity (Wildman–Crippen MR) is 75.8 cm³/mol. The van der Waals surface area contributed by atoms with Crippen molar-refractivity contribution in [3.63, 3.8) is 0 Å². The van der Waals surface area contributed by atoms with E-state index in [4.69, 9.17) is 5.26 Å². The molecule has 0 aliphatic heterocycles. The molecule has 2 aromatic rings. The van der Waals surface area contributed by atoms with Gasteiger partial charge in [-0.2, -0.15) is 5.26 Å². The second kappa shape index (κ2) is 6.03. The van der Waals surface area contributed by atoms with E-state index in [-0.39, 0.29) is 0 Å². The summed E-state index contributed by atoms with van der Waals surface area (Å²) in [5, 5.41) is 22.0. The maximum absolute atomic E-state index is 10.1. The van der Waals surface area contributed by atoms with Crippen molar-refractivity contribution in [2.75, 3.05) is 11.9 Å². The summed E-state index contributed by atoms with van der Waals surface area (Å²) in [5.41, 5.74) is 3.56. The van der Waals surface area contributed by atoms with Crippen LogP contribution >= 0.6 is 0 Å². The van der Waals surface area contributed by atoms with Crippen LogP contribution in [-0.2, 0) is 0 Å². The van der Waals surface area contributed by atoms with Gasteiger partial charge >= 0.3 is 0 Å². The summed E-state index contributed by atoms with van der Waals surface area (Å²) in [6.07, 6.45) is -0.546. The standard InChI is InChI=1S/C16H16N2O/c1-12-3-2-4-14(9-12)16(19)11-18-15-7-5-13(10-17)6-8-15/h2-9,16,18-19H,11H2,1H3.